The number of hydrogen-bond acceptors (Lipinski definition) is 1. The molecule has 1 aliphatic carbocycles. The summed E-state index contributed by atoms with van der Waals surface area (Å²) >= 11 is 0. The van der Waals surface area contributed by atoms with Crippen LogP contribution in [-0.2, 0) is 6.42 Å². The minimum atomic E-state index is 0.676. The SMILES string of the molecule is Cc1cc(C)c2c(c1)-c1[nH]c(C=O)cc1C2. The van der Waals surface area contributed by atoms with Crippen molar-refractivity contribution in [3.8, 4) is 11.3 Å². The summed E-state index contributed by atoms with van der Waals surface area (Å²) in [6, 6.07) is 6.36. The van der Waals surface area contributed by atoms with Crippen molar-refractivity contribution >= 4 is 6.29 Å². The fourth-order valence-corrected chi connectivity index (χ4v) is 2.61. The van der Waals surface area contributed by atoms with Gasteiger partial charge in [-0.3, -0.25) is 4.79 Å². The molecule has 0 bridgehead atoms. The van der Waals surface area contributed by atoms with E-state index in [4.69, 9.17) is 0 Å². The summed E-state index contributed by atoms with van der Waals surface area (Å²) in [4.78, 5) is 13.9. The van der Waals surface area contributed by atoms with E-state index in [0.29, 0.717) is 5.69 Å². The van der Waals surface area contributed by atoms with Crippen LogP contribution >= 0.6 is 0 Å². The molecule has 80 valence electrons. The number of carbonyl (C=O) groups is 1. The maximum Gasteiger partial charge on any atom is 0.166 e. The fourth-order valence-electron chi connectivity index (χ4n) is 2.61. The van der Waals surface area contributed by atoms with Crippen LogP contribution in [0.4, 0.5) is 0 Å². The van der Waals surface area contributed by atoms with Gasteiger partial charge in [0.2, 0.25) is 0 Å². The molecule has 1 aromatic carbocycles. The van der Waals surface area contributed by atoms with Crippen molar-refractivity contribution in [2.75, 3.05) is 0 Å². The van der Waals surface area contributed by atoms with E-state index in [0.717, 1.165) is 18.4 Å². The Bertz CT molecular complexity index is 593. The van der Waals surface area contributed by atoms with Gasteiger partial charge in [-0.2, -0.15) is 0 Å². The van der Waals surface area contributed by atoms with Crippen LogP contribution in [0.2, 0.25) is 0 Å². The third-order valence-corrected chi connectivity index (χ3v) is 3.30. The van der Waals surface area contributed by atoms with Gasteiger partial charge in [0.1, 0.15) is 0 Å². The maximum atomic E-state index is 10.7. The van der Waals surface area contributed by atoms with Gasteiger partial charge in [-0.25, -0.2) is 0 Å². The third kappa shape index (κ3) is 1.16. The van der Waals surface area contributed by atoms with E-state index >= 15 is 0 Å². The van der Waals surface area contributed by atoms with Gasteiger partial charge in [-0.1, -0.05) is 11.6 Å². The van der Waals surface area contributed by atoms with Crippen LogP contribution in [0, 0.1) is 13.8 Å². The molecule has 0 radical (unpaired) electrons. The van der Waals surface area contributed by atoms with Gasteiger partial charge in [0.15, 0.2) is 6.29 Å². The summed E-state index contributed by atoms with van der Waals surface area (Å²) in [6.45, 7) is 4.26. The second kappa shape index (κ2) is 3.08. The monoisotopic (exact) mass is 211 g/mol. The smallest absolute Gasteiger partial charge is 0.166 e. The Balaban J connectivity index is 2.26. The highest BCUT2D eigenvalue weighted by atomic mass is 16.1. The molecular weight excluding hydrogens is 198 g/mol. The van der Waals surface area contributed by atoms with Crippen molar-refractivity contribution in [3.05, 3.63) is 46.1 Å². The topological polar surface area (TPSA) is 32.9 Å². The number of aromatic amines is 1. The average Bonchev–Trinajstić information content (AvgIpc) is 2.76. The molecule has 2 heteroatoms. The van der Waals surface area contributed by atoms with Gasteiger partial charge in [0, 0.05) is 17.7 Å². The van der Waals surface area contributed by atoms with E-state index < -0.39 is 0 Å². The number of aromatic nitrogens is 1. The minimum absolute atomic E-state index is 0.676. The Labute approximate surface area is 94.3 Å². The van der Waals surface area contributed by atoms with E-state index in [9.17, 15) is 4.79 Å². The molecule has 0 spiro atoms. The van der Waals surface area contributed by atoms with Crippen LogP contribution in [0.3, 0.4) is 0 Å². The zero-order valence-electron chi connectivity index (χ0n) is 9.42. The molecular formula is C14H13NO. The van der Waals surface area contributed by atoms with Crippen LogP contribution in [0.15, 0.2) is 18.2 Å². The molecule has 0 aliphatic heterocycles. The molecule has 1 heterocycles. The number of rotatable bonds is 1. The summed E-state index contributed by atoms with van der Waals surface area (Å²) in [6.07, 6.45) is 1.82. The van der Waals surface area contributed by atoms with Crippen molar-refractivity contribution < 1.29 is 4.79 Å². The number of fused-ring (bicyclic) bond motifs is 3. The quantitative estimate of drug-likeness (QED) is 0.616. The van der Waals surface area contributed by atoms with Crippen LogP contribution in [0.1, 0.15) is 32.7 Å². The van der Waals surface area contributed by atoms with Gasteiger partial charge in [0.25, 0.3) is 0 Å². The molecule has 16 heavy (non-hydrogen) atoms. The van der Waals surface area contributed by atoms with Crippen molar-refractivity contribution in [2.24, 2.45) is 0 Å². The van der Waals surface area contributed by atoms with Gasteiger partial charge >= 0.3 is 0 Å². The summed E-state index contributed by atoms with van der Waals surface area (Å²) in [5.74, 6) is 0. The normalized spacial score (nSPS) is 12.4. The zero-order valence-corrected chi connectivity index (χ0v) is 9.42. The number of aryl methyl sites for hydroxylation is 2. The summed E-state index contributed by atoms with van der Waals surface area (Å²) < 4.78 is 0. The lowest BCUT2D eigenvalue weighted by Crippen LogP contribution is -1.89. The molecule has 0 unspecified atom stereocenters. The molecule has 1 aromatic heterocycles. The van der Waals surface area contributed by atoms with Crippen molar-refractivity contribution in [3.63, 3.8) is 0 Å². The van der Waals surface area contributed by atoms with Crippen LogP contribution in [0.25, 0.3) is 11.3 Å². The van der Waals surface area contributed by atoms with Crippen molar-refractivity contribution in [2.45, 2.75) is 20.3 Å². The van der Waals surface area contributed by atoms with Crippen LogP contribution in [0.5, 0.6) is 0 Å². The van der Waals surface area contributed by atoms with E-state index in [1.807, 2.05) is 6.07 Å². The molecule has 0 saturated heterocycles. The van der Waals surface area contributed by atoms with Gasteiger partial charge in [-0.15, -0.1) is 0 Å². The summed E-state index contributed by atoms with van der Waals surface area (Å²) in [5, 5.41) is 0. The maximum absolute atomic E-state index is 10.7. The molecule has 1 aliphatic rings. The van der Waals surface area contributed by atoms with Gasteiger partial charge in [-0.05, 0) is 42.7 Å². The third-order valence-electron chi connectivity index (χ3n) is 3.30. The predicted molar refractivity (Wildman–Crippen MR) is 63.9 cm³/mol. The minimum Gasteiger partial charge on any atom is -0.352 e. The van der Waals surface area contributed by atoms with Crippen LogP contribution in [-0.4, -0.2) is 11.3 Å². The molecule has 0 atom stereocenters. The zero-order chi connectivity index (χ0) is 11.3. The number of carbonyl (C=O) groups excluding carboxylic acids is 1. The Morgan fingerprint density at radius 2 is 2.06 bits per heavy atom. The predicted octanol–water partition coefficient (Wildman–Crippen LogP) is 3.02. The van der Waals surface area contributed by atoms with Crippen LogP contribution < -0.4 is 0 Å². The lowest BCUT2D eigenvalue weighted by Gasteiger charge is -2.06. The first kappa shape index (κ1) is 9.40. The molecule has 1 N–H and O–H groups in total. The summed E-state index contributed by atoms with van der Waals surface area (Å²) in [7, 11) is 0. The molecule has 2 nitrogen and oxygen atoms in total. The Morgan fingerprint density at radius 1 is 1.25 bits per heavy atom. The highest BCUT2D eigenvalue weighted by molar-refractivity contribution is 5.82. The first-order valence-electron chi connectivity index (χ1n) is 5.46. The van der Waals surface area contributed by atoms with E-state index in [1.165, 1.54) is 27.8 Å². The first-order valence-corrected chi connectivity index (χ1v) is 5.46. The van der Waals surface area contributed by atoms with E-state index in [1.54, 1.807) is 0 Å². The fraction of sp³-hybridized carbons (Fsp3) is 0.214. The highest BCUT2D eigenvalue weighted by Crippen LogP contribution is 2.38. The van der Waals surface area contributed by atoms with Crippen molar-refractivity contribution in [1.29, 1.82) is 0 Å². The lowest BCUT2D eigenvalue weighted by atomic mass is 10.0. The second-order valence-corrected chi connectivity index (χ2v) is 4.53. The molecule has 3 rings (SSSR count). The second-order valence-electron chi connectivity index (χ2n) is 4.53. The Hall–Kier alpha value is -1.83. The largest absolute Gasteiger partial charge is 0.352 e. The molecule has 0 amide bonds. The molecule has 2 aromatic rings. The van der Waals surface area contributed by atoms with E-state index in [-0.39, 0.29) is 0 Å². The van der Waals surface area contributed by atoms with Gasteiger partial charge < -0.3 is 4.98 Å². The first-order chi connectivity index (χ1) is 7.69. The highest BCUT2D eigenvalue weighted by Gasteiger charge is 2.22. The number of nitrogens with one attached hydrogen (secondary N) is 1. The number of hydrogen-bond donors (Lipinski definition) is 1. The van der Waals surface area contributed by atoms with Gasteiger partial charge in [0.05, 0.1) is 5.69 Å². The number of aldehydes is 1. The van der Waals surface area contributed by atoms with Crippen molar-refractivity contribution in [1.82, 2.24) is 4.98 Å². The molecule has 0 fully saturated rings. The Kier molecular flexibility index (Phi) is 1.81. The number of benzene rings is 1. The number of H-pyrrole nitrogens is 1. The molecule has 0 saturated carbocycles. The Morgan fingerprint density at radius 3 is 2.81 bits per heavy atom. The van der Waals surface area contributed by atoms with E-state index in [2.05, 4.69) is 31.0 Å². The summed E-state index contributed by atoms with van der Waals surface area (Å²) in [5.41, 5.74) is 8.31. The lowest BCUT2D eigenvalue weighted by molar-refractivity contribution is 0.111. The average molecular weight is 211 g/mol. The standard InChI is InChI=1S/C14H13NO/c1-8-3-9(2)12-6-10-5-11(7-16)15-14(10)13(12)4-8/h3-5,7,15H,6H2,1-2H3.